The van der Waals surface area contributed by atoms with E-state index in [1.165, 1.54) is 5.01 Å². The summed E-state index contributed by atoms with van der Waals surface area (Å²) >= 11 is 1.73. The van der Waals surface area contributed by atoms with E-state index in [2.05, 4.69) is 34.6 Å². The lowest BCUT2D eigenvalue weighted by atomic mass is 10.5. The minimum absolute atomic E-state index is 0.899. The molecule has 0 saturated carbocycles. The quantitative estimate of drug-likeness (QED) is 0.726. The van der Waals surface area contributed by atoms with Crippen LogP contribution >= 0.6 is 11.3 Å². The Bertz CT molecular complexity index is 260. The summed E-state index contributed by atoms with van der Waals surface area (Å²) in [6.07, 6.45) is 0. The van der Waals surface area contributed by atoms with Crippen LogP contribution < -0.4 is 5.32 Å². The number of nitrogens with zero attached hydrogens (tertiary/aromatic N) is 2. The van der Waals surface area contributed by atoms with E-state index in [0.29, 0.717) is 0 Å². The van der Waals surface area contributed by atoms with E-state index >= 15 is 0 Å². The number of aromatic nitrogens is 1. The van der Waals surface area contributed by atoms with Gasteiger partial charge in [-0.05, 0) is 20.5 Å². The van der Waals surface area contributed by atoms with Crippen molar-refractivity contribution in [2.75, 3.05) is 26.7 Å². The fourth-order valence-electron chi connectivity index (χ4n) is 1.11. The number of aryl methyl sites for hydroxylation is 1. The third kappa shape index (κ3) is 4.17. The molecule has 14 heavy (non-hydrogen) atoms. The summed E-state index contributed by atoms with van der Waals surface area (Å²) in [6.45, 7) is 8.34. The van der Waals surface area contributed by atoms with Gasteiger partial charge in [-0.1, -0.05) is 6.92 Å². The molecule has 0 unspecified atom stereocenters. The molecule has 0 fully saturated rings. The van der Waals surface area contributed by atoms with E-state index in [4.69, 9.17) is 0 Å². The average Bonchev–Trinajstić information content (AvgIpc) is 2.58. The Morgan fingerprint density at radius 3 is 2.93 bits per heavy atom. The Morgan fingerprint density at radius 2 is 2.36 bits per heavy atom. The molecular formula is C10H19N3S. The topological polar surface area (TPSA) is 28.2 Å². The average molecular weight is 213 g/mol. The molecule has 80 valence electrons. The number of hydrogen-bond acceptors (Lipinski definition) is 4. The van der Waals surface area contributed by atoms with Crippen LogP contribution in [0, 0.1) is 6.92 Å². The molecule has 3 nitrogen and oxygen atoms in total. The molecule has 0 aliphatic rings. The van der Waals surface area contributed by atoms with Crippen LogP contribution in [0.5, 0.6) is 0 Å². The van der Waals surface area contributed by atoms with Crippen molar-refractivity contribution in [1.82, 2.24) is 15.2 Å². The lowest BCUT2D eigenvalue weighted by Crippen LogP contribution is -2.28. The molecule has 1 aromatic heterocycles. The van der Waals surface area contributed by atoms with Crippen molar-refractivity contribution < 1.29 is 0 Å². The van der Waals surface area contributed by atoms with Crippen molar-refractivity contribution in [1.29, 1.82) is 0 Å². The zero-order valence-electron chi connectivity index (χ0n) is 9.21. The largest absolute Gasteiger partial charge is 0.309 e. The van der Waals surface area contributed by atoms with Gasteiger partial charge in [0.1, 0.15) is 5.01 Å². The number of hydrogen-bond donors (Lipinski definition) is 1. The lowest BCUT2D eigenvalue weighted by Gasteiger charge is -2.13. The van der Waals surface area contributed by atoms with Crippen molar-refractivity contribution in [3.63, 3.8) is 0 Å². The van der Waals surface area contributed by atoms with Crippen molar-refractivity contribution in [2.45, 2.75) is 20.4 Å². The molecule has 0 aromatic carbocycles. The molecule has 0 aliphatic carbocycles. The van der Waals surface area contributed by atoms with Crippen molar-refractivity contribution in [2.24, 2.45) is 0 Å². The molecule has 0 radical (unpaired) electrons. The summed E-state index contributed by atoms with van der Waals surface area (Å²) < 4.78 is 0. The van der Waals surface area contributed by atoms with Crippen LogP contribution in [0.25, 0.3) is 0 Å². The summed E-state index contributed by atoms with van der Waals surface area (Å²) in [5.41, 5.74) is 1.12. The van der Waals surface area contributed by atoms with Gasteiger partial charge in [-0.15, -0.1) is 11.3 Å². The van der Waals surface area contributed by atoms with Crippen LogP contribution in [0.2, 0.25) is 0 Å². The Hall–Kier alpha value is -0.450. The predicted molar refractivity (Wildman–Crippen MR) is 61.7 cm³/mol. The number of likely N-dealkylation sites (N-methyl/N-ethyl adjacent to an activating group) is 1. The monoisotopic (exact) mass is 213 g/mol. The molecule has 0 atom stereocenters. The maximum absolute atomic E-state index is 4.39. The van der Waals surface area contributed by atoms with Gasteiger partial charge >= 0.3 is 0 Å². The second kappa shape index (κ2) is 6.11. The highest BCUT2D eigenvalue weighted by Crippen LogP contribution is 2.07. The van der Waals surface area contributed by atoms with E-state index in [1.54, 1.807) is 11.3 Å². The number of thiazole rings is 1. The third-order valence-corrected chi connectivity index (χ3v) is 3.12. The molecule has 1 aromatic rings. The number of rotatable bonds is 6. The standard InChI is InChI=1S/C10H19N3S/c1-4-13(3)6-5-11-7-10-12-9(2)8-14-10/h8,11H,4-7H2,1-3H3. The smallest absolute Gasteiger partial charge is 0.107 e. The molecule has 1 heterocycles. The zero-order chi connectivity index (χ0) is 10.4. The van der Waals surface area contributed by atoms with Crippen LogP contribution in [0.1, 0.15) is 17.6 Å². The molecule has 0 saturated heterocycles. The Morgan fingerprint density at radius 1 is 1.57 bits per heavy atom. The van der Waals surface area contributed by atoms with Crippen LogP contribution in [-0.2, 0) is 6.54 Å². The third-order valence-electron chi connectivity index (χ3n) is 2.15. The molecule has 0 bridgehead atoms. The summed E-state index contributed by atoms with van der Waals surface area (Å²) in [5, 5.41) is 6.66. The van der Waals surface area contributed by atoms with Crippen molar-refractivity contribution in [3.8, 4) is 0 Å². The maximum atomic E-state index is 4.39. The van der Waals surface area contributed by atoms with Gasteiger partial charge in [0, 0.05) is 30.7 Å². The summed E-state index contributed by atoms with van der Waals surface area (Å²) in [5.74, 6) is 0. The SMILES string of the molecule is CCN(C)CCNCc1nc(C)cs1. The maximum Gasteiger partial charge on any atom is 0.107 e. The Balaban J connectivity index is 2.10. The summed E-state index contributed by atoms with van der Waals surface area (Å²) in [7, 11) is 2.13. The van der Waals surface area contributed by atoms with Gasteiger partial charge in [0.15, 0.2) is 0 Å². The first-order valence-corrected chi connectivity index (χ1v) is 5.90. The summed E-state index contributed by atoms with van der Waals surface area (Å²) in [4.78, 5) is 6.68. The van der Waals surface area contributed by atoms with Gasteiger partial charge in [0.2, 0.25) is 0 Å². The normalized spacial score (nSPS) is 11.1. The predicted octanol–water partition coefficient (Wildman–Crippen LogP) is 1.49. The van der Waals surface area contributed by atoms with E-state index < -0.39 is 0 Å². The van der Waals surface area contributed by atoms with Crippen molar-refractivity contribution in [3.05, 3.63) is 16.1 Å². The fourth-order valence-corrected chi connectivity index (χ4v) is 1.85. The van der Waals surface area contributed by atoms with Crippen LogP contribution in [0.4, 0.5) is 0 Å². The van der Waals surface area contributed by atoms with Gasteiger partial charge in [-0.3, -0.25) is 0 Å². The molecule has 4 heteroatoms. The number of nitrogens with one attached hydrogen (secondary N) is 1. The molecule has 1 N–H and O–H groups in total. The van der Waals surface area contributed by atoms with Gasteiger partial charge in [0.25, 0.3) is 0 Å². The highest BCUT2D eigenvalue weighted by Gasteiger charge is 1.98. The fraction of sp³-hybridized carbons (Fsp3) is 0.700. The van der Waals surface area contributed by atoms with Crippen LogP contribution in [0.3, 0.4) is 0 Å². The Labute approximate surface area is 90.2 Å². The van der Waals surface area contributed by atoms with Crippen molar-refractivity contribution >= 4 is 11.3 Å². The first-order chi connectivity index (χ1) is 6.72. The van der Waals surface area contributed by atoms with Crippen LogP contribution in [-0.4, -0.2) is 36.6 Å². The molecule has 0 aliphatic heterocycles. The van der Waals surface area contributed by atoms with Crippen LogP contribution in [0.15, 0.2) is 5.38 Å². The molecule has 0 amide bonds. The highest BCUT2D eigenvalue weighted by atomic mass is 32.1. The minimum atomic E-state index is 0.899. The first kappa shape index (κ1) is 11.6. The minimum Gasteiger partial charge on any atom is -0.309 e. The van der Waals surface area contributed by atoms with Gasteiger partial charge < -0.3 is 10.2 Å². The zero-order valence-corrected chi connectivity index (χ0v) is 10.0. The van der Waals surface area contributed by atoms with Gasteiger partial charge in [-0.2, -0.15) is 0 Å². The molecule has 0 spiro atoms. The summed E-state index contributed by atoms with van der Waals surface area (Å²) in [6, 6.07) is 0. The molecule has 1 rings (SSSR count). The first-order valence-electron chi connectivity index (χ1n) is 5.02. The second-order valence-electron chi connectivity index (χ2n) is 3.46. The van der Waals surface area contributed by atoms with Gasteiger partial charge in [-0.25, -0.2) is 4.98 Å². The van der Waals surface area contributed by atoms with E-state index in [1.807, 2.05) is 6.92 Å². The highest BCUT2D eigenvalue weighted by molar-refractivity contribution is 7.09. The van der Waals surface area contributed by atoms with Gasteiger partial charge in [0.05, 0.1) is 0 Å². The Kier molecular flexibility index (Phi) is 5.07. The van der Waals surface area contributed by atoms with E-state index in [9.17, 15) is 0 Å². The van der Waals surface area contributed by atoms with E-state index in [-0.39, 0.29) is 0 Å². The lowest BCUT2D eigenvalue weighted by molar-refractivity contribution is 0.349. The van der Waals surface area contributed by atoms with E-state index in [0.717, 1.165) is 31.9 Å². The second-order valence-corrected chi connectivity index (χ2v) is 4.40. The molecular weight excluding hydrogens is 194 g/mol.